The van der Waals surface area contributed by atoms with E-state index in [2.05, 4.69) is 20.4 Å². The fraction of sp³-hybridized carbons (Fsp3) is 0.150. The van der Waals surface area contributed by atoms with Crippen LogP contribution in [-0.4, -0.2) is 31.4 Å². The number of hydrogen-bond donors (Lipinski definition) is 1. The number of aromatic nitrogens is 5. The lowest BCUT2D eigenvalue weighted by Crippen LogP contribution is -2.02. The van der Waals surface area contributed by atoms with Gasteiger partial charge in [0.25, 0.3) is 0 Å². The average molecular weight is 413 g/mol. The van der Waals surface area contributed by atoms with Gasteiger partial charge in [0.2, 0.25) is 5.95 Å². The summed E-state index contributed by atoms with van der Waals surface area (Å²) in [7, 11) is 3.32. The number of anilines is 2. The quantitative estimate of drug-likeness (QED) is 0.522. The standard InChI is InChI=1S/C20H18ClFN6O/c1-12-10-28(11-23-12)16-8-7-13(9-17(16)29-3)19-25-20(27(2)26-19)24-18-14(21)5-4-6-15(18)22/h4-11H,1-3H3,(H,24,25,26). The molecule has 1 N–H and O–H groups in total. The molecule has 7 nitrogen and oxygen atoms in total. The van der Waals surface area contributed by atoms with E-state index in [-0.39, 0.29) is 10.7 Å². The molecular weight excluding hydrogens is 395 g/mol. The van der Waals surface area contributed by atoms with Gasteiger partial charge in [0.05, 0.1) is 35.5 Å². The predicted octanol–water partition coefficient (Wildman–Crippen LogP) is 4.52. The predicted molar refractivity (Wildman–Crippen MR) is 110 cm³/mol. The van der Waals surface area contributed by atoms with Gasteiger partial charge in [0.1, 0.15) is 11.6 Å². The van der Waals surface area contributed by atoms with E-state index in [0.29, 0.717) is 17.5 Å². The van der Waals surface area contributed by atoms with Gasteiger partial charge < -0.3 is 14.6 Å². The zero-order valence-electron chi connectivity index (χ0n) is 16.0. The smallest absolute Gasteiger partial charge is 0.226 e. The molecule has 9 heteroatoms. The second kappa shape index (κ2) is 7.56. The van der Waals surface area contributed by atoms with Crippen LogP contribution in [-0.2, 0) is 7.05 Å². The molecule has 0 saturated carbocycles. The highest BCUT2D eigenvalue weighted by Gasteiger charge is 2.15. The molecule has 0 saturated heterocycles. The molecule has 0 amide bonds. The maximum atomic E-state index is 14.1. The largest absolute Gasteiger partial charge is 0.495 e. The Kier molecular flexibility index (Phi) is 4.94. The van der Waals surface area contributed by atoms with Gasteiger partial charge in [-0.05, 0) is 37.3 Å². The van der Waals surface area contributed by atoms with Crippen molar-refractivity contribution in [2.75, 3.05) is 12.4 Å². The van der Waals surface area contributed by atoms with Crippen molar-refractivity contribution in [3.05, 3.63) is 65.5 Å². The highest BCUT2D eigenvalue weighted by molar-refractivity contribution is 6.33. The molecule has 0 spiro atoms. The Balaban J connectivity index is 1.68. The van der Waals surface area contributed by atoms with Gasteiger partial charge in [-0.3, -0.25) is 0 Å². The molecule has 4 rings (SSSR count). The second-order valence-corrected chi connectivity index (χ2v) is 6.82. The summed E-state index contributed by atoms with van der Waals surface area (Å²) in [5.41, 5.74) is 2.67. The zero-order chi connectivity index (χ0) is 20.5. The van der Waals surface area contributed by atoms with Crippen molar-refractivity contribution in [1.82, 2.24) is 24.3 Å². The SMILES string of the molecule is COc1cc(-c2nc(Nc3c(F)cccc3Cl)n(C)n2)ccc1-n1cnc(C)c1. The third kappa shape index (κ3) is 3.66. The molecular formula is C20H18ClFN6O. The number of benzene rings is 2. The number of nitrogens with zero attached hydrogens (tertiary/aromatic N) is 5. The summed E-state index contributed by atoms with van der Waals surface area (Å²) in [6.07, 6.45) is 3.64. The minimum atomic E-state index is -0.469. The van der Waals surface area contributed by atoms with Crippen molar-refractivity contribution in [1.29, 1.82) is 0 Å². The maximum absolute atomic E-state index is 14.1. The van der Waals surface area contributed by atoms with Crippen molar-refractivity contribution in [2.45, 2.75) is 6.92 Å². The summed E-state index contributed by atoms with van der Waals surface area (Å²) >= 11 is 6.09. The first-order valence-corrected chi connectivity index (χ1v) is 9.15. The molecule has 0 aliphatic carbocycles. The minimum Gasteiger partial charge on any atom is -0.495 e. The van der Waals surface area contributed by atoms with Gasteiger partial charge >= 0.3 is 0 Å². The molecule has 2 heterocycles. The molecule has 2 aromatic heterocycles. The van der Waals surface area contributed by atoms with Gasteiger partial charge in [-0.15, -0.1) is 5.10 Å². The minimum absolute atomic E-state index is 0.152. The van der Waals surface area contributed by atoms with Gasteiger partial charge in [-0.25, -0.2) is 14.1 Å². The van der Waals surface area contributed by atoms with E-state index >= 15 is 0 Å². The molecule has 0 radical (unpaired) electrons. The maximum Gasteiger partial charge on any atom is 0.226 e. The van der Waals surface area contributed by atoms with E-state index in [1.165, 1.54) is 10.7 Å². The first kappa shape index (κ1) is 18.9. The summed E-state index contributed by atoms with van der Waals surface area (Å²) < 4.78 is 23.0. The molecule has 0 aliphatic heterocycles. The molecule has 0 unspecified atom stereocenters. The zero-order valence-corrected chi connectivity index (χ0v) is 16.8. The first-order chi connectivity index (χ1) is 14.0. The van der Waals surface area contributed by atoms with E-state index in [4.69, 9.17) is 16.3 Å². The van der Waals surface area contributed by atoms with Crippen molar-refractivity contribution in [3.63, 3.8) is 0 Å². The summed E-state index contributed by atoms with van der Waals surface area (Å²) in [6.45, 7) is 1.92. The number of nitrogens with one attached hydrogen (secondary N) is 1. The molecule has 0 fully saturated rings. The van der Waals surface area contributed by atoms with Gasteiger partial charge in [-0.1, -0.05) is 17.7 Å². The van der Waals surface area contributed by atoms with E-state index in [1.807, 2.05) is 35.9 Å². The Morgan fingerprint density at radius 2 is 2.03 bits per heavy atom. The summed E-state index contributed by atoms with van der Waals surface area (Å²) in [5, 5.41) is 7.59. The molecule has 148 valence electrons. The number of aryl methyl sites for hydroxylation is 2. The average Bonchev–Trinajstić information content (AvgIpc) is 3.30. The number of para-hydroxylation sites is 1. The van der Waals surface area contributed by atoms with Crippen LogP contribution in [0.25, 0.3) is 17.1 Å². The fourth-order valence-corrected chi connectivity index (χ4v) is 3.14. The summed E-state index contributed by atoms with van der Waals surface area (Å²) in [4.78, 5) is 8.73. The van der Waals surface area contributed by atoms with Crippen LogP contribution in [0.2, 0.25) is 5.02 Å². The molecule has 0 aliphatic rings. The molecule has 29 heavy (non-hydrogen) atoms. The van der Waals surface area contributed by atoms with Gasteiger partial charge in [-0.2, -0.15) is 4.98 Å². The Morgan fingerprint density at radius 1 is 1.21 bits per heavy atom. The van der Waals surface area contributed by atoms with Crippen LogP contribution in [0.4, 0.5) is 16.0 Å². The lowest BCUT2D eigenvalue weighted by Gasteiger charge is -2.10. The highest BCUT2D eigenvalue weighted by atomic mass is 35.5. The Morgan fingerprint density at radius 3 is 2.72 bits per heavy atom. The lowest BCUT2D eigenvalue weighted by molar-refractivity contribution is 0.413. The van der Waals surface area contributed by atoms with Crippen LogP contribution in [0.15, 0.2) is 48.9 Å². The number of imidazole rings is 1. The van der Waals surface area contributed by atoms with Crippen molar-refractivity contribution >= 4 is 23.2 Å². The van der Waals surface area contributed by atoms with Crippen molar-refractivity contribution in [3.8, 4) is 22.8 Å². The second-order valence-electron chi connectivity index (χ2n) is 6.41. The van der Waals surface area contributed by atoms with Crippen LogP contribution >= 0.6 is 11.6 Å². The van der Waals surface area contributed by atoms with Gasteiger partial charge in [0, 0.05) is 18.8 Å². The topological polar surface area (TPSA) is 69.8 Å². The third-order valence-electron chi connectivity index (χ3n) is 4.39. The van der Waals surface area contributed by atoms with E-state index < -0.39 is 5.82 Å². The van der Waals surface area contributed by atoms with Crippen LogP contribution < -0.4 is 10.1 Å². The number of halogens is 2. The van der Waals surface area contributed by atoms with Crippen LogP contribution in [0.1, 0.15) is 5.69 Å². The van der Waals surface area contributed by atoms with Crippen molar-refractivity contribution < 1.29 is 9.13 Å². The molecule has 4 aromatic rings. The number of methoxy groups -OCH3 is 1. The van der Waals surface area contributed by atoms with E-state index in [1.54, 1.807) is 32.6 Å². The highest BCUT2D eigenvalue weighted by Crippen LogP contribution is 2.31. The van der Waals surface area contributed by atoms with E-state index in [9.17, 15) is 4.39 Å². The molecule has 0 atom stereocenters. The number of hydrogen-bond acceptors (Lipinski definition) is 5. The Labute approximate surface area is 171 Å². The lowest BCUT2D eigenvalue weighted by atomic mass is 10.1. The Hall–Kier alpha value is -3.39. The molecule has 2 aromatic carbocycles. The van der Waals surface area contributed by atoms with Crippen LogP contribution in [0.5, 0.6) is 5.75 Å². The number of ether oxygens (including phenoxy) is 1. The third-order valence-corrected chi connectivity index (χ3v) is 4.71. The van der Waals surface area contributed by atoms with Gasteiger partial charge in [0.15, 0.2) is 5.82 Å². The van der Waals surface area contributed by atoms with E-state index in [0.717, 1.165) is 16.9 Å². The first-order valence-electron chi connectivity index (χ1n) is 8.77. The monoisotopic (exact) mass is 412 g/mol. The summed E-state index contributed by atoms with van der Waals surface area (Å²) in [5.74, 6) is 1.01. The normalized spacial score (nSPS) is 10.9. The van der Waals surface area contributed by atoms with Crippen LogP contribution in [0.3, 0.4) is 0 Å². The fourth-order valence-electron chi connectivity index (χ4n) is 2.93. The Bertz CT molecular complexity index is 1170. The summed E-state index contributed by atoms with van der Waals surface area (Å²) in [6, 6.07) is 10.1. The van der Waals surface area contributed by atoms with Crippen LogP contribution in [0, 0.1) is 12.7 Å². The number of rotatable bonds is 5. The van der Waals surface area contributed by atoms with Crippen molar-refractivity contribution in [2.24, 2.45) is 7.05 Å². The molecule has 0 bridgehead atoms.